The van der Waals surface area contributed by atoms with Gasteiger partial charge in [-0.3, -0.25) is 4.79 Å². The van der Waals surface area contributed by atoms with Crippen molar-refractivity contribution >= 4 is 5.91 Å². The van der Waals surface area contributed by atoms with Gasteiger partial charge < -0.3 is 15.5 Å². The number of hydrogen-bond donors (Lipinski definition) is 2. The van der Waals surface area contributed by atoms with Crippen molar-refractivity contribution in [1.29, 1.82) is 0 Å². The Kier molecular flexibility index (Phi) is 3.98. The van der Waals surface area contributed by atoms with E-state index in [4.69, 9.17) is 10.2 Å². The quantitative estimate of drug-likeness (QED) is 0.847. The van der Waals surface area contributed by atoms with Gasteiger partial charge in [-0.25, -0.2) is 0 Å². The summed E-state index contributed by atoms with van der Waals surface area (Å²) in [6.07, 6.45) is 0. The summed E-state index contributed by atoms with van der Waals surface area (Å²) in [5.74, 6) is 1.43. The average Bonchev–Trinajstić information content (AvgIpc) is 2.62. The van der Waals surface area contributed by atoms with Crippen molar-refractivity contribution < 1.29 is 9.21 Å². The van der Waals surface area contributed by atoms with Crippen molar-refractivity contribution in [3.63, 3.8) is 0 Å². The minimum atomic E-state index is -0.527. The summed E-state index contributed by atoms with van der Waals surface area (Å²) in [4.78, 5) is 11.9. The molecule has 0 aromatic carbocycles. The van der Waals surface area contributed by atoms with Crippen LogP contribution in [0.2, 0.25) is 0 Å². The zero-order valence-corrected chi connectivity index (χ0v) is 11.2. The highest BCUT2D eigenvalue weighted by atomic mass is 16.3. The second-order valence-corrected chi connectivity index (χ2v) is 5.52. The molecule has 0 bridgehead atoms. The van der Waals surface area contributed by atoms with E-state index in [0.29, 0.717) is 0 Å². The van der Waals surface area contributed by atoms with Crippen molar-refractivity contribution in [1.82, 2.24) is 5.32 Å². The van der Waals surface area contributed by atoms with Crippen LogP contribution in [0.25, 0.3) is 0 Å². The van der Waals surface area contributed by atoms with Crippen LogP contribution in [0.4, 0.5) is 0 Å². The lowest BCUT2D eigenvalue weighted by Crippen LogP contribution is -2.49. The van der Waals surface area contributed by atoms with E-state index in [2.05, 4.69) is 5.32 Å². The lowest BCUT2D eigenvalue weighted by molar-refractivity contribution is -0.125. The number of carbonyl (C=O) groups is 1. The van der Waals surface area contributed by atoms with Gasteiger partial charge in [-0.15, -0.1) is 0 Å². The van der Waals surface area contributed by atoms with Crippen molar-refractivity contribution in [3.8, 4) is 0 Å². The predicted octanol–water partition coefficient (Wildman–Crippen LogP) is 2.14. The maximum atomic E-state index is 11.9. The molecule has 3 N–H and O–H groups in total. The number of carbonyl (C=O) groups excluding carboxylic acids is 1. The fourth-order valence-electron chi connectivity index (χ4n) is 1.45. The van der Waals surface area contributed by atoms with E-state index >= 15 is 0 Å². The Hall–Kier alpha value is -1.29. The van der Waals surface area contributed by atoms with Crippen molar-refractivity contribution in [3.05, 3.63) is 23.7 Å². The molecule has 4 heteroatoms. The summed E-state index contributed by atoms with van der Waals surface area (Å²) >= 11 is 0. The summed E-state index contributed by atoms with van der Waals surface area (Å²) in [5.41, 5.74) is 5.64. The first-order chi connectivity index (χ1) is 7.71. The molecule has 1 aromatic heterocycles. The molecule has 0 radical (unpaired) electrons. The summed E-state index contributed by atoms with van der Waals surface area (Å²) in [5, 5.41) is 2.86. The van der Waals surface area contributed by atoms with E-state index in [-0.39, 0.29) is 17.4 Å². The third kappa shape index (κ3) is 3.60. The number of amides is 1. The predicted molar refractivity (Wildman–Crippen MR) is 67.4 cm³/mol. The molecule has 2 atom stereocenters. The fourth-order valence-corrected chi connectivity index (χ4v) is 1.45. The van der Waals surface area contributed by atoms with E-state index < -0.39 is 6.04 Å². The summed E-state index contributed by atoms with van der Waals surface area (Å²) in [7, 11) is 0. The van der Waals surface area contributed by atoms with Crippen LogP contribution in [0.1, 0.15) is 45.3 Å². The molecule has 1 heterocycles. The standard InChI is InChI=1S/C13H22N2O2/c1-8-6-7-10(17-8)9(2)15-12(16)11(14)13(3,4)5/h6-7,9,11H,14H2,1-5H3,(H,15,16). The van der Waals surface area contributed by atoms with Gasteiger partial charge in [0.1, 0.15) is 11.5 Å². The topological polar surface area (TPSA) is 68.3 Å². The molecule has 0 aliphatic carbocycles. The van der Waals surface area contributed by atoms with Gasteiger partial charge in [-0.05, 0) is 31.4 Å². The molecule has 96 valence electrons. The smallest absolute Gasteiger partial charge is 0.238 e. The molecule has 1 aromatic rings. The average molecular weight is 238 g/mol. The highest BCUT2D eigenvalue weighted by molar-refractivity contribution is 5.82. The highest BCUT2D eigenvalue weighted by Crippen LogP contribution is 2.20. The number of furan rings is 1. The van der Waals surface area contributed by atoms with Crippen LogP contribution in [-0.4, -0.2) is 11.9 Å². The first-order valence-corrected chi connectivity index (χ1v) is 5.84. The van der Waals surface area contributed by atoms with Crippen molar-refractivity contribution in [2.24, 2.45) is 11.1 Å². The molecule has 1 amide bonds. The first kappa shape index (κ1) is 13.8. The van der Waals surface area contributed by atoms with E-state index in [9.17, 15) is 4.79 Å². The molecule has 0 spiro atoms. The summed E-state index contributed by atoms with van der Waals surface area (Å²) < 4.78 is 5.46. The van der Waals surface area contributed by atoms with Gasteiger partial charge >= 0.3 is 0 Å². The summed E-state index contributed by atoms with van der Waals surface area (Å²) in [6, 6.07) is 3.05. The molecule has 1 rings (SSSR count). The normalized spacial score (nSPS) is 15.4. The molecule has 17 heavy (non-hydrogen) atoms. The van der Waals surface area contributed by atoms with E-state index in [1.807, 2.05) is 46.8 Å². The maximum absolute atomic E-state index is 11.9. The minimum absolute atomic E-state index is 0.154. The number of rotatable bonds is 3. The Morgan fingerprint density at radius 3 is 2.41 bits per heavy atom. The SMILES string of the molecule is Cc1ccc(C(C)NC(=O)C(N)C(C)(C)C)o1. The maximum Gasteiger partial charge on any atom is 0.238 e. The Labute approximate surface area is 103 Å². The van der Waals surface area contributed by atoms with Gasteiger partial charge in [0.05, 0.1) is 12.1 Å². The molecule has 0 saturated heterocycles. The van der Waals surface area contributed by atoms with Gasteiger partial charge in [0.15, 0.2) is 0 Å². The molecular weight excluding hydrogens is 216 g/mol. The number of hydrogen-bond acceptors (Lipinski definition) is 3. The molecule has 0 aliphatic heterocycles. The van der Waals surface area contributed by atoms with Crippen LogP contribution in [0.15, 0.2) is 16.5 Å². The highest BCUT2D eigenvalue weighted by Gasteiger charge is 2.28. The Morgan fingerprint density at radius 2 is 2.00 bits per heavy atom. The number of nitrogens with one attached hydrogen (secondary N) is 1. The van der Waals surface area contributed by atoms with Crippen LogP contribution < -0.4 is 11.1 Å². The third-order valence-corrected chi connectivity index (χ3v) is 2.76. The van der Waals surface area contributed by atoms with E-state index in [0.717, 1.165) is 11.5 Å². The monoisotopic (exact) mass is 238 g/mol. The molecular formula is C13H22N2O2. The number of nitrogens with two attached hydrogens (primary N) is 1. The molecule has 0 fully saturated rings. The van der Waals surface area contributed by atoms with Crippen LogP contribution >= 0.6 is 0 Å². The molecule has 4 nitrogen and oxygen atoms in total. The second-order valence-electron chi connectivity index (χ2n) is 5.52. The van der Waals surface area contributed by atoms with Gasteiger partial charge in [0, 0.05) is 0 Å². The van der Waals surface area contributed by atoms with Crippen LogP contribution in [0, 0.1) is 12.3 Å². The largest absolute Gasteiger partial charge is 0.464 e. The molecule has 2 unspecified atom stereocenters. The van der Waals surface area contributed by atoms with Gasteiger partial charge in [0.2, 0.25) is 5.91 Å². The van der Waals surface area contributed by atoms with Gasteiger partial charge in [-0.1, -0.05) is 20.8 Å². The zero-order chi connectivity index (χ0) is 13.2. The van der Waals surface area contributed by atoms with E-state index in [1.165, 1.54) is 0 Å². The number of aryl methyl sites for hydroxylation is 1. The third-order valence-electron chi connectivity index (χ3n) is 2.76. The second kappa shape index (κ2) is 4.92. The molecule has 0 saturated carbocycles. The van der Waals surface area contributed by atoms with Gasteiger partial charge in [-0.2, -0.15) is 0 Å². The fraction of sp³-hybridized carbons (Fsp3) is 0.615. The van der Waals surface area contributed by atoms with Crippen LogP contribution in [-0.2, 0) is 4.79 Å². The Balaban J connectivity index is 2.63. The lowest BCUT2D eigenvalue weighted by Gasteiger charge is -2.27. The van der Waals surface area contributed by atoms with Crippen LogP contribution in [0.5, 0.6) is 0 Å². The zero-order valence-electron chi connectivity index (χ0n) is 11.2. The Morgan fingerprint density at radius 1 is 1.41 bits per heavy atom. The minimum Gasteiger partial charge on any atom is -0.464 e. The van der Waals surface area contributed by atoms with Gasteiger partial charge in [0.25, 0.3) is 0 Å². The van der Waals surface area contributed by atoms with Crippen LogP contribution in [0.3, 0.4) is 0 Å². The Bertz CT molecular complexity index is 390. The first-order valence-electron chi connectivity index (χ1n) is 5.84. The van der Waals surface area contributed by atoms with Crippen molar-refractivity contribution in [2.75, 3.05) is 0 Å². The summed E-state index contributed by atoms with van der Waals surface area (Å²) in [6.45, 7) is 9.58. The molecule has 0 aliphatic rings. The van der Waals surface area contributed by atoms with Crippen molar-refractivity contribution in [2.45, 2.75) is 46.7 Å². The lowest BCUT2D eigenvalue weighted by atomic mass is 9.87. The van der Waals surface area contributed by atoms with E-state index in [1.54, 1.807) is 0 Å².